The maximum atomic E-state index is 11.6. The van der Waals surface area contributed by atoms with E-state index in [4.69, 9.17) is 0 Å². The van der Waals surface area contributed by atoms with Crippen LogP contribution in [-0.2, 0) is 0 Å². The molecule has 0 atom stereocenters. The zero-order valence-corrected chi connectivity index (χ0v) is 9.81. The highest BCUT2D eigenvalue weighted by molar-refractivity contribution is 5.76. The van der Waals surface area contributed by atoms with Gasteiger partial charge in [0.1, 0.15) is 0 Å². The molecular weight excluding hydrogens is 200 g/mol. The zero-order valence-electron chi connectivity index (χ0n) is 9.81. The quantitative estimate of drug-likeness (QED) is 0.828. The van der Waals surface area contributed by atoms with E-state index in [1.54, 1.807) is 11.1 Å². The molecule has 0 saturated carbocycles. The number of amides is 2. The molecule has 0 aliphatic rings. The van der Waals surface area contributed by atoms with Gasteiger partial charge in [0.05, 0.1) is 0 Å². The standard InChI is InChI=1S/C13H18N2O/c1-3-15(4-2)13(16)14-11-10-12-8-6-5-7-9-12/h5-11H,3-4H2,1-2H3,(H,14,16)/b11-10+. The first-order valence-corrected chi connectivity index (χ1v) is 5.55. The van der Waals surface area contributed by atoms with Crippen LogP contribution in [0.1, 0.15) is 19.4 Å². The summed E-state index contributed by atoms with van der Waals surface area (Å²) in [5.74, 6) is 0. The number of nitrogens with zero attached hydrogens (tertiary/aromatic N) is 1. The van der Waals surface area contributed by atoms with Crippen molar-refractivity contribution >= 4 is 12.1 Å². The van der Waals surface area contributed by atoms with Gasteiger partial charge >= 0.3 is 6.03 Å². The molecule has 0 heterocycles. The van der Waals surface area contributed by atoms with E-state index in [1.807, 2.05) is 50.3 Å². The van der Waals surface area contributed by atoms with Gasteiger partial charge in [-0.1, -0.05) is 30.3 Å². The first kappa shape index (κ1) is 12.3. The lowest BCUT2D eigenvalue weighted by Crippen LogP contribution is -2.37. The summed E-state index contributed by atoms with van der Waals surface area (Å²) in [4.78, 5) is 13.3. The van der Waals surface area contributed by atoms with Gasteiger partial charge in [0, 0.05) is 19.3 Å². The molecule has 0 aliphatic heterocycles. The Morgan fingerprint density at radius 2 is 1.88 bits per heavy atom. The van der Waals surface area contributed by atoms with Crippen molar-refractivity contribution < 1.29 is 4.79 Å². The van der Waals surface area contributed by atoms with Crippen LogP contribution in [0.3, 0.4) is 0 Å². The van der Waals surface area contributed by atoms with Gasteiger partial charge < -0.3 is 10.2 Å². The Bertz CT molecular complexity index is 342. The molecular formula is C13H18N2O. The third-order valence-electron chi connectivity index (χ3n) is 2.33. The summed E-state index contributed by atoms with van der Waals surface area (Å²) < 4.78 is 0. The van der Waals surface area contributed by atoms with E-state index in [0.29, 0.717) is 0 Å². The van der Waals surface area contributed by atoms with Crippen molar-refractivity contribution in [3.8, 4) is 0 Å². The van der Waals surface area contributed by atoms with E-state index in [2.05, 4.69) is 5.32 Å². The van der Waals surface area contributed by atoms with Crippen molar-refractivity contribution in [3.63, 3.8) is 0 Å². The number of carbonyl (C=O) groups is 1. The molecule has 0 aliphatic carbocycles. The summed E-state index contributed by atoms with van der Waals surface area (Å²) in [5, 5.41) is 2.74. The molecule has 2 amide bonds. The fourth-order valence-electron chi connectivity index (χ4n) is 1.38. The van der Waals surface area contributed by atoms with Gasteiger partial charge in [0.25, 0.3) is 0 Å². The van der Waals surface area contributed by atoms with E-state index in [1.165, 1.54) is 0 Å². The van der Waals surface area contributed by atoms with Crippen molar-refractivity contribution in [3.05, 3.63) is 42.1 Å². The average molecular weight is 218 g/mol. The van der Waals surface area contributed by atoms with Gasteiger partial charge in [-0.2, -0.15) is 0 Å². The Labute approximate surface area is 96.8 Å². The number of rotatable bonds is 4. The van der Waals surface area contributed by atoms with Crippen LogP contribution in [0, 0.1) is 0 Å². The van der Waals surface area contributed by atoms with Crippen molar-refractivity contribution in [2.75, 3.05) is 13.1 Å². The highest BCUT2D eigenvalue weighted by Gasteiger charge is 2.05. The maximum absolute atomic E-state index is 11.6. The SMILES string of the molecule is CCN(CC)C(=O)N/C=C/c1ccccc1. The second-order valence-electron chi connectivity index (χ2n) is 3.37. The van der Waals surface area contributed by atoms with Gasteiger partial charge in [0.2, 0.25) is 0 Å². The average Bonchev–Trinajstić information content (AvgIpc) is 2.32. The molecule has 1 aromatic rings. The number of carbonyl (C=O) groups excluding carboxylic acids is 1. The van der Waals surface area contributed by atoms with E-state index >= 15 is 0 Å². The smallest absolute Gasteiger partial charge is 0.321 e. The number of hydrogen-bond donors (Lipinski definition) is 1. The van der Waals surface area contributed by atoms with Crippen LogP contribution >= 0.6 is 0 Å². The van der Waals surface area contributed by atoms with Crippen LogP contribution in [0.4, 0.5) is 4.79 Å². The molecule has 0 bridgehead atoms. The van der Waals surface area contributed by atoms with Crippen LogP contribution in [0.15, 0.2) is 36.5 Å². The topological polar surface area (TPSA) is 32.3 Å². The zero-order chi connectivity index (χ0) is 11.8. The van der Waals surface area contributed by atoms with Gasteiger partial charge in [0.15, 0.2) is 0 Å². The molecule has 3 heteroatoms. The minimum atomic E-state index is -0.0582. The Morgan fingerprint density at radius 1 is 1.25 bits per heavy atom. The Morgan fingerprint density at radius 3 is 2.44 bits per heavy atom. The largest absolute Gasteiger partial charge is 0.325 e. The highest BCUT2D eigenvalue weighted by Crippen LogP contribution is 1.99. The monoisotopic (exact) mass is 218 g/mol. The van der Waals surface area contributed by atoms with E-state index < -0.39 is 0 Å². The minimum absolute atomic E-state index is 0.0582. The van der Waals surface area contributed by atoms with E-state index in [9.17, 15) is 4.79 Å². The lowest BCUT2D eigenvalue weighted by atomic mass is 10.2. The van der Waals surface area contributed by atoms with Crippen molar-refractivity contribution in [1.29, 1.82) is 0 Å². The lowest BCUT2D eigenvalue weighted by Gasteiger charge is -2.17. The second kappa shape index (κ2) is 6.67. The molecule has 0 spiro atoms. The minimum Gasteiger partial charge on any atom is -0.325 e. The summed E-state index contributed by atoms with van der Waals surface area (Å²) >= 11 is 0. The summed E-state index contributed by atoms with van der Waals surface area (Å²) in [6, 6.07) is 9.81. The van der Waals surface area contributed by atoms with Gasteiger partial charge in [-0.3, -0.25) is 0 Å². The molecule has 0 saturated heterocycles. The summed E-state index contributed by atoms with van der Waals surface area (Å²) in [6.07, 6.45) is 3.55. The number of benzene rings is 1. The summed E-state index contributed by atoms with van der Waals surface area (Å²) in [5.41, 5.74) is 1.07. The van der Waals surface area contributed by atoms with Crippen molar-refractivity contribution in [1.82, 2.24) is 10.2 Å². The molecule has 1 rings (SSSR count). The van der Waals surface area contributed by atoms with Crippen LogP contribution in [0.25, 0.3) is 6.08 Å². The molecule has 0 fully saturated rings. The van der Waals surface area contributed by atoms with E-state index in [0.717, 1.165) is 18.7 Å². The Hall–Kier alpha value is -1.77. The third-order valence-corrected chi connectivity index (χ3v) is 2.33. The number of hydrogen-bond acceptors (Lipinski definition) is 1. The normalized spacial score (nSPS) is 10.4. The molecule has 1 aromatic carbocycles. The van der Waals surface area contributed by atoms with Crippen LogP contribution < -0.4 is 5.32 Å². The molecule has 3 nitrogen and oxygen atoms in total. The predicted molar refractivity (Wildman–Crippen MR) is 66.9 cm³/mol. The number of urea groups is 1. The maximum Gasteiger partial charge on any atom is 0.321 e. The van der Waals surface area contributed by atoms with Gasteiger partial charge in [-0.05, 0) is 25.5 Å². The molecule has 1 N–H and O–H groups in total. The van der Waals surface area contributed by atoms with E-state index in [-0.39, 0.29) is 6.03 Å². The third kappa shape index (κ3) is 3.77. The fourth-order valence-corrected chi connectivity index (χ4v) is 1.38. The van der Waals surface area contributed by atoms with Crippen LogP contribution in [0.2, 0.25) is 0 Å². The lowest BCUT2D eigenvalue weighted by molar-refractivity contribution is 0.207. The highest BCUT2D eigenvalue weighted by atomic mass is 16.2. The molecule has 0 unspecified atom stereocenters. The number of nitrogens with one attached hydrogen (secondary N) is 1. The molecule has 86 valence electrons. The molecule has 16 heavy (non-hydrogen) atoms. The summed E-state index contributed by atoms with van der Waals surface area (Å²) in [7, 11) is 0. The van der Waals surface area contributed by atoms with Gasteiger partial charge in [-0.15, -0.1) is 0 Å². The first-order valence-electron chi connectivity index (χ1n) is 5.55. The summed E-state index contributed by atoms with van der Waals surface area (Å²) in [6.45, 7) is 5.37. The van der Waals surface area contributed by atoms with Crippen LogP contribution in [-0.4, -0.2) is 24.0 Å². The fraction of sp³-hybridized carbons (Fsp3) is 0.308. The first-order chi connectivity index (χ1) is 7.77. The molecule has 0 aromatic heterocycles. The van der Waals surface area contributed by atoms with Crippen molar-refractivity contribution in [2.24, 2.45) is 0 Å². The van der Waals surface area contributed by atoms with Crippen molar-refractivity contribution in [2.45, 2.75) is 13.8 Å². The second-order valence-corrected chi connectivity index (χ2v) is 3.37. The Balaban J connectivity index is 2.45. The van der Waals surface area contributed by atoms with Crippen LogP contribution in [0.5, 0.6) is 0 Å². The molecule has 0 radical (unpaired) electrons. The Kier molecular flexibility index (Phi) is 5.12. The predicted octanol–water partition coefficient (Wildman–Crippen LogP) is 2.71. The van der Waals surface area contributed by atoms with Gasteiger partial charge in [-0.25, -0.2) is 4.79 Å².